The Bertz CT molecular complexity index is 312. The number of rotatable bonds is 2. The average molecular weight is 276 g/mol. The largest absolute Gasteiger partial charge is 0.354 e. The average Bonchev–Trinajstić information content (AvgIpc) is 2.63. The van der Waals surface area contributed by atoms with E-state index >= 15 is 0 Å². The first-order chi connectivity index (χ1) is 8.16. The predicted molar refractivity (Wildman–Crippen MR) is 71.4 cm³/mol. The Morgan fingerprint density at radius 3 is 2.72 bits per heavy atom. The van der Waals surface area contributed by atoms with Crippen molar-refractivity contribution in [3.8, 4) is 0 Å². The highest BCUT2D eigenvalue weighted by atomic mass is 35.5. The van der Waals surface area contributed by atoms with Crippen LogP contribution in [0.5, 0.6) is 0 Å². The number of hydrogen-bond donors (Lipinski definition) is 3. The molecule has 0 spiro atoms. The van der Waals surface area contributed by atoms with Crippen molar-refractivity contribution in [2.45, 2.75) is 50.6 Å². The number of carbonyl (C=O) groups is 2. The number of hydrogen-bond acceptors (Lipinski definition) is 3. The Hall–Kier alpha value is -0.810. The molecule has 4 N–H and O–H groups in total. The first-order valence-corrected chi connectivity index (χ1v) is 6.50. The molecule has 2 amide bonds. The van der Waals surface area contributed by atoms with Crippen molar-refractivity contribution in [2.75, 3.05) is 6.54 Å². The minimum Gasteiger partial charge on any atom is -0.354 e. The maximum absolute atomic E-state index is 12.0. The second-order valence-electron chi connectivity index (χ2n) is 5.12. The number of halogens is 1. The maximum Gasteiger partial charge on any atom is 0.242 e. The zero-order valence-corrected chi connectivity index (χ0v) is 11.3. The van der Waals surface area contributed by atoms with Gasteiger partial charge < -0.3 is 16.4 Å². The van der Waals surface area contributed by atoms with E-state index in [0.29, 0.717) is 0 Å². The standard InChI is InChI=1S/C12H21N3O2.ClH/c13-9-5-4-8(7-9)11(16)15-10-3-1-2-6-14-12(10)17;/h8-10H,1-7,13H2,(H,14,17)(H,15,16);1H. The molecule has 0 aromatic carbocycles. The fraction of sp³-hybridized carbons (Fsp3) is 0.833. The predicted octanol–water partition coefficient (Wildman–Crippen LogP) is 0.320. The molecule has 2 rings (SSSR count). The van der Waals surface area contributed by atoms with Crippen LogP contribution in [0.2, 0.25) is 0 Å². The fourth-order valence-corrected chi connectivity index (χ4v) is 2.62. The molecular weight excluding hydrogens is 254 g/mol. The van der Waals surface area contributed by atoms with Crippen molar-refractivity contribution in [1.29, 1.82) is 0 Å². The summed E-state index contributed by atoms with van der Waals surface area (Å²) in [5.41, 5.74) is 5.79. The van der Waals surface area contributed by atoms with Crippen LogP contribution in [0.4, 0.5) is 0 Å². The van der Waals surface area contributed by atoms with E-state index in [-0.39, 0.29) is 42.2 Å². The Labute approximate surface area is 114 Å². The number of nitrogens with one attached hydrogen (secondary N) is 2. The Kier molecular flexibility index (Phi) is 5.88. The lowest BCUT2D eigenvalue weighted by Gasteiger charge is -2.18. The van der Waals surface area contributed by atoms with Gasteiger partial charge in [-0.25, -0.2) is 0 Å². The molecule has 2 aliphatic rings. The third kappa shape index (κ3) is 3.85. The second kappa shape index (κ2) is 6.95. The molecule has 1 saturated heterocycles. The zero-order valence-electron chi connectivity index (χ0n) is 10.5. The van der Waals surface area contributed by atoms with Gasteiger partial charge in [0.25, 0.3) is 0 Å². The van der Waals surface area contributed by atoms with Gasteiger partial charge in [0.2, 0.25) is 11.8 Å². The molecule has 104 valence electrons. The molecular formula is C12H22ClN3O2. The molecule has 1 saturated carbocycles. The molecule has 3 atom stereocenters. The van der Waals surface area contributed by atoms with Crippen molar-refractivity contribution in [1.82, 2.24) is 10.6 Å². The monoisotopic (exact) mass is 275 g/mol. The topological polar surface area (TPSA) is 84.2 Å². The van der Waals surface area contributed by atoms with Gasteiger partial charge in [0.15, 0.2) is 0 Å². The second-order valence-corrected chi connectivity index (χ2v) is 5.12. The summed E-state index contributed by atoms with van der Waals surface area (Å²) < 4.78 is 0. The van der Waals surface area contributed by atoms with Crippen molar-refractivity contribution in [2.24, 2.45) is 11.7 Å². The van der Waals surface area contributed by atoms with Crippen molar-refractivity contribution in [3.05, 3.63) is 0 Å². The third-order valence-electron chi connectivity index (χ3n) is 3.70. The summed E-state index contributed by atoms with van der Waals surface area (Å²) in [7, 11) is 0. The summed E-state index contributed by atoms with van der Waals surface area (Å²) in [6.07, 6.45) is 5.23. The van der Waals surface area contributed by atoms with Crippen LogP contribution in [0, 0.1) is 5.92 Å². The molecule has 0 bridgehead atoms. The zero-order chi connectivity index (χ0) is 12.3. The van der Waals surface area contributed by atoms with Crippen LogP contribution in [0.25, 0.3) is 0 Å². The molecule has 3 unspecified atom stereocenters. The summed E-state index contributed by atoms with van der Waals surface area (Å²) in [6, 6.07) is -0.199. The smallest absolute Gasteiger partial charge is 0.242 e. The summed E-state index contributed by atoms with van der Waals surface area (Å²) in [5.74, 6) is -0.0424. The minimum absolute atomic E-state index is 0. The van der Waals surface area contributed by atoms with Gasteiger partial charge in [0.1, 0.15) is 6.04 Å². The van der Waals surface area contributed by atoms with Crippen LogP contribution in [-0.2, 0) is 9.59 Å². The van der Waals surface area contributed by atoms with E-state index in [9.17, 15) is 9.59 Å². The summed E-state index contributed by atoms with van der Waals surface area (Å²) in [6.45, 7) is 0.722. The molecule has 5 nitrogen and oxygen atoms in total. The van der Waals surface area contributed by atoms with E-state index in [0.717, 1.165) is 45.1 Å². The molecule has 2 fully saturated rings. The van der Waals surface area contributed by atoms with Gasteiger partial charge >= 0.3 is 0 Å². The summed E-state index contributed by atoms with van der Waals surface area (Å²) in [4.78, 5) is 23.6. The lowest BCUT2D eigenvalue weighted by Crippen LogP contribution is -2.47. The Morgan fingerprint density at radius 1 is 1.28 bits per heavy atom. The first-order valence-electron chi connectivity index (χ1n) is 6.50. The first kappa shape index (κ1) is 15.2. The molecule has 1 heterocycles. The Balaban J connectivity index is 0.00000162. The molecule has 1 aliphatic carbocycles. The number of nitrogens with two attached hydrogens (primary N) is 1. The van der Waals surface area contributed by atoms with Gasteiger partial charge in [-0.05, 0) is 38.5 Å². The molecule has 18 heavy (non-hydrogen) atoms. The van der Waals surface area contributed by atoms with Crippen LogP contribution < -0.4 is 16.4 Å². The van der Waals surface area contributed by atoms with Crippen molar-refractivity contribution in [3.63, 3.8) is 0 Å². The van der Waals surface area contributed by atoms with E-state index in [1.54, 1.807) is 0 Å². The highest BCUT2D eigenvalue weighted by Gasteiger charge is 2.30. The lowest BCUT2D eigenvalue weighted by molar-refractivity contribution is -0.130. The Morgan fingerprint density at radius 2 is 2.06 bits per heavy atom. The van der Waals surface area contributed by atoms with Gasteiger partial charge in [-0.3, -0.25) is 9.59 Å². The highest BCUT2D eigenvalue weighted by Crippen LogP contribution is 2.24. The van der Waals surface area contributed by atoms with Crippen molar-refractivity contribution < 1.29 is 9.59 Å². The molecule has 1 aliphatic heterocycles. The fourth-order valence-electron chi connectivity index (χ4n) is 2.62. The normalized spacial score (nSPS) is 32.1. The van der Waals surface area contributed by atoms with Crippen LogP contribution in [0.3, 0.4) is 0 Å². The van der Waals surface area contributed by atoms with E-state index in [1.165, 1.54) is 0 Å². The van der Waals surface area contributed by atoms with Crippen LogP contribution in [-0.4, -0.2) is 30.4 Å². The van der Waals surface area contributed by atoms with Crippen LogP contribution in [0.15, 0.2) is 0 Å². The van der Waals surface area contributed by atoms with Gasteiger partial charge in [0, 0.05) is 18.5 Å². The SMILES string of the molecule is Cl.NC1CCC(C(=O)NC2CCCCNC2=O)C1. The molecule has 0 aromatic rings. The molecule has 0 aromatic heterocycles. The lowest BCUT2D eigenvalue weighted by atomic mass is 10.1. The van der Waals surface area contributed by atoms with E-state index < -0.39 is 0 Å². The van der Waals surface area contributed by atoms with Gasteiger partial charge in [-0.1, -0.05) is 0 Å². The summed E-state index contributed by atoms with van der Waals surface area (Å²) in [5, 5.41) is 5.69. The van der Waals surface area contributed by atoms with E-state index in [1.807, 2.05) is 0 Å². The van der Waals surface area contributed by atoms with E-state index in [4.69, 9.17) is 5.73 Å². The quantitative estimate of drug-likeness (QED) is 0.679. The van der Waals surface area contributed by atoms with Crippen molar-refractivity contribution >= 4 is 24.2 Å². The molecule has 0 radical (unpaired) electrons. The summed E-state index contributed by atoms with van der Waals surface area (Å²) >= 11 is 0. The minimum atomic E-state index is -0.346. The number of carbonyl (C=O) groups excluding carboxylic acids is 2. The van der Waals surface area contributed by atoms with Crippen LogP contribution >= 0.6 is 12.4 Å². The van der Waals surface area contributed by atoms with Gasteiger partial charge in [-0.2, -0.15) is 0 Å². The number of amides is 2. The third-order valence-corrected chi connectivity index (χ3v) is 3.70. The van der Waals surface area contributed by atoms with Gasteiger partial charge in [0.05, 0.1) is 0 Å². The van der Waals surface area contributed by atoms with Gasteiger partial charge in [-0.15, -0.1) is 12.4 Å². The highest BCUT2D eigenvalue weighted by molar-refractivity contribution is 5.88. The maximum atomic E-state index is 12.0. The van der Waals surface area contributed by atoms with Crippen LogP contribution in [0.1, 0.15) is 38.5 Å². The molecule has 6 heteroatoms. The van der Waals surface area contributed by atoms with E-state index in [2.05, 4.69) is 10.6 Å².